The molecule has 0 aromatic carbocycles. The molecule has 0 aromatic heterocycles. The second-order valence-corrected chi connectivity index (χ2v) is 7.16. The summed E-state index contributed by atoms with van der Waals surface area (Å²) in [5.74, 6) is 1.24. The van der Waals surface area contributed by atoms with E-state index in [0.717, 1.165) is 85.2 Å². The highest BCUT2D eigenvalue weighted by molar-refractivity contribution is 5.98. The molecule has 0 radical (unpaired) electrons. The first-order valence-electron chi connectivity index (χ1n) is 10.3. The van der Waals surface area contributed by atoms with E-state index in [1.54, 1.807) is 0 Å². The summed E-state index contributed by atoms with van der Waals surface area (Å²) in [5, 5.41) is 0. The van der Waals surface area contributed by atoms with Gasteiger partial charge in [0.15, 0.2) is 0 Å². The molecule has 0 bridgehead atoms. The summed E-state index contributed by atoms with van der Waals surface area (Å²) in [4.78, 5) is 22.8. The molecule has 2 aliphatic heterocycles. The molecule has 28 heavy (non-hydrogen) atoms. The lowest BCUT2D eigenvalue weighted by atomic mass is 9.97. The molecule has 4 rings (SSSR count). The van der Waals surface area contributed by atoms with Crippen molar-refractivity contribution in [1.29, 1.82) is 0 Å². The average Bonchev–Trinajstić information content (AvgIpc) is 3.23. The minimum atomic E-state index is -0.182. The van der Waals surface area contributed by atoms with E-state index in [9.17, 15) is 9.59 Å². The number of carbonyl (C=O) groups is 2. The standard InChI is InChI=1S/2C12H14O2/c2*1-2-3-8-11-9-6-4-5-7-10(9)12(13)14-11/h2*5,7-8H,2-4,6H2,1H3. The number of hydrogen-bond acceptors (Lipinski definition) is 4. The van der Waals surface area contributed by atoms with Crippen molar-refractivity contribution in [2.45, 2.75) is 65.2 Å². The minimum Gasteiger partial charge on any atom is -0.423 e. The van der Waals surface area contributed by atoms with E-state index in [-0.39, 0.29) is 11.9 Å². The molecule has 0 amide bonds. The highest BCUT2D eigenvalue weighted by Gasteiger charge is 2.29. The fraction of sp³-hybridized carbons (Fsp3) is 0.417. The van der Waals surface area contributed by atoms with Crippen molar-refractivity contribution in [3.05, 3.63) is 70.3 Å². The van der Waals surface area contributed by atoms with Gasteiger partial charge in [-0.3, -0.25) is 0 Å². The Morgan fingerprint density at radius 1 is 0.786 bits per heavy atom. The molecule has 0 unspecified atom stereocenters. The molecule has 0 atom stereocenters. The first kappa shape index (κ1) is 20.1. The number of esters is 2. The molecule has 0 N–H and O–H groups in total. The van der Waals surface area contributed by atoms with Crippen LogP contribution in [0.25, 0.3) is 0 Å². The minimum absolute atomic E-state index is 0.182. The lowest BCUT2D eigenvalue weighted by Crippen LogP contribution is -1.97. The van der Waals surface area contributed by atoms with Gasteiger partial charge < -0.3 is 9.47 Å². The van der Waals surface area contributed by atoms with Gasteiger partial charge in [0.05, 0.1) is 11.1 Å². The van der Waals surface area contributed by atoms with Crippen LogP contribution in [0.5, 0.6) is 0 Å². The topological polar surface area (TPSA) is 52.6 Å². The Hall–Kier alpha value is -2.62. The lowest BCUT2D eigenvalue weighted by Gasteiger charge is -2.05. The second kappa shape index (κ2) is 9.54. The number of hydrogen-bond donors (Lipinski definition) is 0. The summed E-state index contributed by atoms with van der Waals surface area (Å²) in [7, 11) is 0. The van der Waals surface area contributed by atoms with Crippen molar-refractivity contribution in [3.63, 3.8) is 0 Å². The van der Waals surface area contributed by atoms with Crippen molar-refractivity contribution >= 4 is 11.9 Å². The molecule has 4 heteroatoms. The third-order valence-electron chi connectivity index (χ3n) is 5.02. The highest BCUT2D eigenvalue weighted by Crippen LogP contribution is 2.34. The van der Waals surface area contributed by atoms with Crippen LogP contribution in [0.4, 0.5) is 0 Å². The van der Waals surface area contributed by atoms with Crippen molar-refractivity contribution in [3.8, 4) is 0 Å². The monoisotopic (exact) mass is 380 g/mol. The van der Waals surface area contributed by atoms with Crippen LogP contribution in [-0.2, 0) is 19.1 Å². The second-order valence-electron chi connectivity index (χ2n) is 7.16. The van der Waals surface area contributed by atoms with Gasteiger partial charge in [0.25, 0.3) is 0 Å². The van der Waals surface area contributed by atoms with Crippen molar-refractivity contribution in [2.24, 2.45) is 0 Å². The predicted octanol–water partition coefficient (Wildman–Crippen LogP) is 5.75. The van der Waals surface area contributed by atoms with Crippen molar-refractivity contribution in [2.75, 3.05) is 0 Å². The van der Waals surface area contributed by atoms with Crippen LogP contribution in [0.3, 0.4) is 0 Å². The number of carbonyl (C=O) groups excluding carboxylic acids is 2. The maximum Gasteiger partial charge on any atom is 0.343 e. The quantitative estimate of drug-likeness (QED) is 0.583. The molecule has 2 heterocycles. The van der Waals surface area contributed by atoms with E-state index in [2.05, 4.69) is 13.8 Å². The fourth-order valence-corrected chi connectivity index (χ4v) is 3.54. The fourth-order valence-electron chi connectivity index (χ4n) is 3.54. The van der Waals surface area contributed by atoms with Gasteiger partial charge in [-0.25, -0.2) is 9.59 Å². The average molecular weight is 380 g/mol. The summed E-state index contributed by atoms with van der Waals surface area (Å²) in [6.07, 6.45) is 19.9. The number of unbranched alkanes of at least 4 members (excludes halogenated alkanes) is 2. The van der Waals surface area contributed by atoms with Gasteiger partial charge >= 0.3 is 11.9 Å². The molecule has 4 aliphatic rings. The van der Waals surface area contributed by atoms with E-state index >= 15 is 0 Å². The van der Waals surface area contributed by atoms with Crippen LogP contribution in [-0.4, -0.2) is 11.9 Å². The Morgan fingerprint density at radius 3 is 1.61 bits per heavy atom. The molecule has 148 valence electrons. The highest BCUT2D eigenvalue weighted by atomic mass is 16.5. The van der Waals surface area contributed by atoms with E-state index in [1.807, 2.05) is 36.5 Å². The van der Waals surface area contributed by atoms with Crippen LogP contribution in [0, 0.1) is 0 Å². The number of cyclic esters (lactones) is 2. The normalized spacial score (nSPS) is 22.9. The van der Waals surface area contributed by atoms with Gasteiger partial charge in [-0.1, -0.05) is 51.0 Å². The number of rotatable bonds is 4. The number of ether oxygens (including phenoxy) is 2. The van der Waals surface area contributed by atoms with E-state index in [0.29, 0.717) is 0 Å². The van der Waals surface area contributed by atoms with Crippen LogP contribution in [0.15, 0.2) is 70.3 Å². The summed E-state index contributed by atoms with van der Waals surface area (Å²) in [6, 6.07) is 0. The Labute approximate surface area is 167 Å². The van der Waals surface area contributed by atoms with E-state index in [1.165, 1.54) is 0 Å². The van der Waals surface area contributed by atoms with Crippen LogP contribution in [0.1, 0.15) is 65.2 Å². The van der Waals surface area contributed by atoms with Crippen LogP contribution in [0.2, 0.25) is 0 Å². The predicted molar refractivity (Wildman–Crippen MR) is 109 cm³/mol. The van der Waals surface area contributed by atoms with Crippen LogP contribution < -0.4 is 0 Å². The summed E-state index contributed by atoms with van der Waals surface area (Å²) >= 11 is 0. The zero-order valence-electron chi connectivity index (χ0n) is 16.8. The van der Waals surface area contributed by atoms with Crippen LogP contribution >= 0.6 is 0 Å². The summed E-state index contributed by atoms with van der Waals surface area (Å²) in [5.41, 5.74) is 3.73. The molecular weight excluding hydrogens is 352 g/mol. The zero-order valence-corrected chi connectivity index (χ0v) is 16.8. The smallest absolute Gasteiger partial charge is 0.343 e. The van der Waals surface area contributed by atoms with Crippen molar-refractivity contribution < 1.29 is 19.1 Å². The molecule has 0 saturated heterocycles. The molecule has 0 aromatic rings. The van der Waals surface area contributed by atoms with E-state index in [4.69, 9.17) is 9.47 Å². The largest absolute Gasteiger partial charge is 0.423 e. The molecule has 4 nitrogen and oxygen atoms in total. The Kier molecular flexibility index (Phi) is 6.85. The Balaban J connectivity index is 0.000000161. The van der Waals surface area contributed by atoms with Crippen molar-refractivity contribution in [1.82, 2.24) is 0 Å². The SMILES string of the molecule is CCCC=C1OC(=O)C2=C1CCC=C2.CCCC=C1OC(=O)C2=C1CCC=C2. The summed E-state index contributed by atoms with van der Waals surface area (Å²) < 4.78 is 10.4. The van der Waals surface area contributed by atoms with Gasteiger partial charge in [-0.15, -0.1) is 0 Å². The number of allylic oxidation sites excluding steroid dienone is 6. The third-order valence-corrected chi connectivity index (χ3v) is 5.02. The first-order chi connectivity index (χ1) is 13.7. The van der Waals surface area contributed by atoms with Gasteiger partial charge in [0.2, 0.25) is 0 Å². The third kappa shape index (κ3) is 4.44. The van der Waals surface area contributed by atoms with Gasteiger partial charge in [0, 0.05) is 11.1 Å². The lowest BCUT2D eigenvalue weighted by molar-refractivity contribution is -0.133. The van der Waals surface area contributed by atoms with Gasteiger partial charge in [0.1, 0.15) is 11.5 Å². The van der Waals surface area contributed by atoms with Gasteiger partial charge in [-0.2, -0.15) is 0 Å². The first-order valence-corrected chi connectivity index (χ1v) is 10.3. The molecule has 2 aliphatic carbocycles. The molecule has 0 spiro atoms. The maximum atomic E-state index is 11.4. The van der Waals surface area contributed by atoms with Gasteiger partial charge in [-0.05, 0) is 50.7 Å². The Bertz CT molecular complexity index is 761. The molecular formula is C24H28O4. The Morgan fingerprint density at radius 2 is 1.21 bits per heavy atom. The molecule has 0 saturated carbocycles. The van der Waals surface area contributed by atoms with E-state index < -0.39 is 0 Å². The molecule has 0 fully saturated rings. The zero-order chi connectivity index (χ0) is 19.9. The maximum absolute atomic E-state index is 11.4. The summed E-state index contributed by atoms with van der Waals surface area (Å²) in [6.45, 7) is 4.23.